The van der Waals surface area contributed by atoms with Gasteiger partial charge in [-0.2, -0.15) is 0 Å². The molecule has 2 aliphatic rings. The number of nitrogens with zero attached hydrogens (tertiary/aromatic N) is 1. The van der Waals surface area contributed by atoms with E-state index in [9.17, 15) is 4.79 Å². The Morgan fingerprint density at radius 3 is 2.40 bits per heavy atom. The van der Waals surface area contributed by atoms with E-state index >= 15 is 0 Å². The van der Waals surface area contributed by atoms with Crippen LogP contribution in [-0.2, 0) is 0 Å². The number of nitrogens with two attached hydrogens (primary N) is 1. The topological polar surface area (TPSA) is 70.4 Å². The van der Waals surface area contributed by atoms with Crippen molar-refractivity contribution in [3.63, 3.8) is 0 Å². The van der Waals surface area contributed by atoms with Crippen LogP contribution in [0, 0.1) is 0 Å². The lowest BCUT2D eigenvalue weighted by molar-refractivity contribution is 0.134. The minimum absolute atomic E-state index is 0.0536. The minimum Gasteiger partial charge on any atom is -0.335 e. The summed E-state index contributed by atoms with van der Waals surface area (Å²) in [4.78, 5) is 14.2. The zero-order chi connectivity index (χ0) is 15.0. The molecule has 5 nitrogen and oxygen atoms in total. The van der Waals surface area contributed by atoms with E-state index in [0.717, 1.165) is 32.2 Å². The Morgan fingerprint density at radius 2 is 1.85 bits per heavy atom. The molecule has 0 spiro atoms. The summed E-state index contributed by atoms with van der Waals surface area (Å²) in [6.07, 6.45) is 3.96. The van der Waals surface area contributed by atoms with Crippen LogP contribution < -0.4 is 16.4 Å². The molecule has 0 aliphatic carbocycles. The van der Waals surface area contributed by atoms with Crippen LogP contribution in [0.3, 0.4) is 0 Å². The maximum absolute atomic E-state index is 12.4. The second-order valence-electron chi connectivity index (χ2n) is 7.80. The lowest BCUT2D eigenvalue weighted by Crippen LogP contribution is -2.63. The number of urea groups is 1. The molecular weight excluding hydrogens is 252 g/mol. The smallest absolute Gasteiger partial charge is 0.317 e. The molecule has 0 aromatic heterocycles. The lowest BCUT2D eigenvalue weighted by atomic mass is 9.79. The quantitative estimate of drug-likeness (QED) is 0.681. The minimum atomic E-state index is 0.0536. The zero-order valence-corrected chi connectivity index (χ0v) is 13.3. The predicted octanol–water partition coefficient (Wildman–Crippen LogP) is 1.43. The van der Waals surface area contributed by atoms with E-state index in [-0.39, 0.29) is 29.2 Å². The summed E-state index contributed by atoms with van der Waals surface area (Å²) in [5.74, 6) is 0. The Labute approximate surface area is 122 Å². The van der Waals surface area contributed by atoms with Crippen LogP contribution in [0.1, 0.15) is 53.4 Å². The maximum Gasteiger partial charge on any atom is 0.317 e. The first-order valence-electron chi connectivity index (χ1n) is 7.77. The van der Waals surface area contributed by atoms with Crippen molar-refractivity contribution in [2.45, 2.75) is 76.5 Å². The Kier molecular flexibility index (Phi) is 4.30. The van der Waals surface area contributed by atoms with Gasteiger partial charge in [-0.3, -0.25) is 0 Å². The third kappa shape index (κ3) is 4.09. The van der Waals surface area contributed by atoms with Crippen LogP contribution in [-0.4, -0.2) is 47.2 Å². The predicted molar refractivity (Wildman–Crippen MR) is 81.6 cm³/mol. The van der Waals surface area contributed by atoms with E-state index in [1.165, 1.54) is 0 Å². The average Bonchev–Trinajstić information content (AvgIpc) is 2.24. The van der Waals surface area contributed by atoms with Crippen molar-refractivity contribution in [3.05, 3.63) is 0 Å². The largest absolute Gasteiger partial charge is 0.335 e. The van der Waals surface area contributed by atoms with Gasteiger partial charge in [0, 0.05) is 36.3 Å². The number of likely N-dealkylation sites (tertiary alicyclic amines) is 1. The molecular formula is C15H30N4O. The van der Waals surface area contributed by atoms with E-state index in [4.69, 9.17) is 5.73 Å². The van der Waals surface area contributed by atoms with Crippen LogP contribution >= 0.6 is 0 Å². The molecule has 116 valence electrons. The summed E-state index contributed by atoms with van der Waals surface area (Å²) in [7, 11) is 0. The molecule has 2 heterocycles. The molecule has 20 heavy (non-hydrogen) atoms. The van der Waals surface area contributed by atoms with E-state index in [2.05, 4.69) is 38.3 Å². The second kappa shape index (κ2) is 5.53. The number of carbonyl (C=O) groups is 1. The van der Waals surface area contributed by atoms with Crippen molar-refractivity contribution >= 4 is 6.03 Å². The Bertz CT molecular complexity index is 351. The summed E-state index contributed by atoms with van der Waals surface area (Å²) in [5.41, 5.74) is 6.06. The Morgan fingerprint density at radius 1 is 1.25 bits per heavy atom. The molecule has 4 N–H and O–H groups in total. The highest BCUT2D eigenvalue weighted by molar-refractivity contribution is 5.74. The number of rotatable bonds is 1. The fourth-order valence-electron chi connectivity index (χ4n) is 3.88. The SMILES string of the molecule is CC1(C)CC(NC(=O)N2CCCC(N)C2)CC(C)(C)N1. The zero-order valence-electron chi connectivity index (χ0n) is 13.3. The normalized spacial score (nSPS) is 30.1. The summed E-state index contributed by atoms with van der Waals surface area (Å²) in [5, 5.41) is 6.85. The van der Waals surface area contributed by atoms with Gasteiger partial charge < -0.3 is 21.3 Å². The van der Waals surface area contributed by atoms with E-state index < -0.39 is 0 Å². The first-order chi connectivity index (χ1) is 9.17. The maximum atomic E-state index is 12.4. The number of hydrogen-bond donors (Lipinski definition) is 3. The molecule has 0 aromatic rings. The van der Waals surface area contributed by atoms with Gasteiger partial charge >= 0.3 is 6.03 Å². The molecule has 0 bridgehead atoms. The monoisotopic (exact) mass is 282 g/mol. The fourth-order valence-corrected chi connectivity index (χ4v) is 3.88. The van der Waals surface area contributed by atoms with Crippen LogP contribution in [0.25, 0.3) is 0 Å². The Balaban J connectivity index is 1.93. The number of amides is 2. The van der Waals surface area contributed by atoms with Gasteiger partial charge in [0.05, 0.1) is 0 Å². The van der Waals surface area contributed by atoms with Crippen molar-refractivity contribution in [1.29, 1.82) is 0 Å². The van der Waals surface area contributed by atoms with Crippen LogP contribution in [0.4, 0.5) is 4.79 Å². The lowest BCUT2D eigenvalue weighted by Gasteiger charge is -2.47. The first-order valence-corrected chi connectivity index (χ1v) is 7.77. The van der Waals surface area contributed by atoms with E-state index in [0.29, 0.717) is 6.54 Å². The summed E-state index contributed by atoms with van der Waals surface area (Å²) in [6.45, 7) is 10.3. The fraction of sp³-hybridized carbons (Fsp3) is 0.933. The number of hydrogen-bond acceptors (Lipinski definition) is 3. The number of piperidine rings is 2. The highest BCUT2D eigenvalue weighted by atomic mass is 16.2. The molecule has 2 fully saturated rings. The number of nitrogens with one attached hydrogen (secondary N) is 2. The molecule has 2 aliphatic heterocycles. The van der Waals surface area contributed by atoms with Crippen molar-refractivity contribution < 1.29 is 4.79 Å². The number of carbonyl (C=O) groups excluding carboxylic acids is 1. The van der Waals surface area contributed by atoms with Gasteiger partial charge in [-0.1, -0.05) is 0 Å². The van der Waals surface area contributed by atoms with Gasteiger partial charge in [-0.15, -0.1) is 0 Å². The standard InChI is InChI=1S/C15H30N4O/c1-14(2)8-12(9-15(3,4)18-14)17-13(20)19-7-5-6-11(16)10-19/h11-12,18H,5-10,16H2,1-4H3,(H,17,20). The Hall–Kier alpha value is -0.810. The van der Waals surface area contributed by atoms with Crippen molar-refractivity contribution in [1.82, 2.24) is 15.5 Å². The van der Waals surface area contributed by atoms with Gasteiger partial charge in [0.15, 0.2) is 0 Å². The van der Waals surface area contributed by atoms with Gasteiger partial charge in [-0.05, 0) is 53.4 Å². The van der Waals surface area contributed by atoms with Crippen molar-refractivity contribution in [3.8, 4) is 0 Å². The van der Waals surface area contributed by atoms with Gasteiger partial charge in [0.2, 0.25) is 0 Å². The molecule has 0 aromatic carbocycles. The van der Waals surface area contributed by atoms with Gasteiger partial charge in [0.1, 0.15) is 0 Å². The van der Waals surface area contributed by atoms with E-state index in [1.807, 2.05) is 4.90 Å². The summed E-state index contributed by atoms with van der Waals surface area (Å²) in [6, 6.07) is 0.418. The van der Waals surface area contributed by atoms with Crippen molar-refractivity contribution in [2.75, 3.05) is 13.1 Å². The summed E-state index contributed by atoms with van der Waals surface area (Å²) < 4.78 is 0. The molecule has 1 unspecified atom stereocenters. The van der Waals surface area contributed by atoms with Crippen LogP contribution in [0.5, 0.6) is 0 Å². The van der Waals surface area contributed by atoms with Crippen molar-refractivity contribution in [2.24, 2.45) is 5.73 Å². The van der Waals surface area contributed by atoms with Crippen LogP contribution in [0.2, 0.25) is 0 Å². The molecule has 5 heteroatoms. The molecule has 2 saturated heterocycles. The highest BCUT2D eigenvalue weighted by Crippen LogP contribution is 2.28. The van der Waals surface area contributed by atoms with Crippen LogP contribution in [0.15, 0.2) is 0 Å². The molecule has 1 atom stereocenters. The summed E-state index contributed by atoms with van der Waals surface area (Å²) >= 11 is 0. The molecule has 0 saturated carbocycles. The van der Waals surface area contributed by atoms with Gasteiger partial charge in [-0.25, -0.2) is 4.79 Å². The molecule has 0 radical (unpaired) electrons. The third-order valence-electron chi connectivity index (χ3n) is 4.26. The molecule has 2 rings (SSSR count). The highest BCUT2D eigenvalue weighted by Gasteiger charge is 2.38. The first kappa shape index (κ1) is 15.6. The van der Waals surface area contributed by atoms with Gasteiger partial charge in [0.25, 0.3) is 0 Å². The average molecular weight is 282 g/mol. The third-order valence-corrected chi connectivity index (χ3v) is 4.26. The second-order valence-corrected chi connectivity index (χ2v) is 7.80. The molecule has 2 amide bonds. The van der Waals surface area contributed by atoms with E-state index in [1.54, 1.807) is 0 Å².